The molecule has 6 nitrogen and oxygen atoms in total. The standard InChI is InChI=1S/C22H24N2O4/c1-27-21(25)10-7-16-5-4-6-18(13-16)24-15-28-20-14-17(8-9-19(20)24)22(26)23-11-2-3-12-23/h4-6,8-9,13-14H,2-3,7,10-12,15H2,1H3. The SMILES string of the molecule is COC(=O)CCc1cccc(N2COc3cc(C(=O)N4CCCC4)ccc32)c1. The third-order valence-electron chi connectivity index (χ3n) is 5.31. The molecule has 2 heterocycles. The molecule has 2 aliphatic rings. The highest BCUT2D eigenvalue weighted by Gasteiger charge is 2.25. The number of carbonyl (C=O) groups is 2. The summed E-state index contributed by atoms with van der Waals surface area (Å²) < 4.78 is 10.6. The molecule has 1 fully saturated rings. The predicted octanol–water partition coefficient (Wildman–Crippen LogP) is 3.52. The van der Waals surface area contributed by atoms with Gasteiger partial charge in [-0.3, -0.25) is 9.59 Å². The van der Waals surface area contributed by atoms with E-state index >= 15 is 0 Å². The fourth-order valence-electron chi connectivity index (χ4n) is 3.73. The molecule has 0 bridgehead atoms. The highest BCUT2D eigenvalue weighted by atomic mass is 16.5. The summed E-state index contributed by atoms with van der Waals surface area (Å²) in [6.07, 6.45) is 3.14. The van der Waals surface area contributed by atoms with Crippen molar-refractivity contribution in [3.63, 3.8) is 0 Å². The van der Waals surface area contributed by atoms with Crippen molar-refractivity contribution in [3.05, 3.63) is 53.6 Å². The number of methoxy groups -OCH3 is 1. The van der Waals surface area contributed by atoms with Crippen LogP contribution in [-0.4, -0.2) is 43.7 Å². The maximum absolute atomic E-state index is 12.6. The van der Waals surface area contributed by atoms with Gasteiger partial charge in [0.05, 0.1) is 12.8 Å². The fourth-order valence-corrected chi connectivity index (χ4v) is 3.73. The summed E-state index contributed by atoms with van der Waals surface area (Å²) in [5.74, 6) is 0.590. The van der Waals surface area contributed by atoms with Crippen LogP contribution in [0.3, 0.4) is 0 Å². The number of nitrogens with zero attached hydrogens (tertiary/aromatic N) is 2. The minimum atomic E-state index is -0.213. The first-order valence-corrected chi connectivity index (χ1v) is 9.65. The van der Waals surface area contributed by atoms with Crippen LogP contribution >= 0.6 is 0 Å². The molecule has 2 aromatic rings. The number of hydrogen-bond donors (Lipinski definition) is 0. The summed E-state index contributed by atoms with van der Waals surface area (Å²) in [6.45, 7) is 2.07. The van der Waals surface area contributed by atoms with Gasteiger partial charge in [0.1, 0.15) is 5.75 Å². The number of amides is 1. The van der Waals surface area contributed by atoms with E-state index in [4.69, 9.17) is 9.47 Å². The van der Waals surface area contributed by atoms with Crippen molar-refractivity contribution in [1.82, 2.24) is 4.90 Å². The maximum Gasteiger partial charge on any atom is 0.305 e. The van der Waals surface area contributed by atoms with Gasteiger partial charge < -0.3 is 19.3 Å². The van der Waals surface area contributed by atoms with Crippen molar-refractivity contribution in [3.8, 4) is 5.75 Å². The number of aryl methyl sites for hydroxylation is 1. The lowest BCUT2D eigenvalue weighted by atomic mass is 10.1. The van der Waals surface area contributed by atoms with Crippen LogP contribution in [0.5, 0.6) is 5.75 Å². The van der Waals surface area contributed by atoms with Crippen LogP contribution in [0.15, 0.2) is 42.5 Å². The van der Waals surface area contributed by atoms with Crippen molar-refractivity contribution in [2.75, 3.05) is 31.8 Å². The minimum absolute atomic E-state index is 0.0761. The van der Waals surface area contributed by atoms with E-state index in [1.54, 1.807) is 0 Å². The summed E-state index contributed by atoms with van der Waals surface area (Å²) in [6, 6.07) is 13.7. The average molecular weight is 380 g/mol. The van der Waals surface area contributed by atoms with Crippen molar-refractivity contribution in [2.24, 2.45) is 0 Å². The van der Waals surface area contributed by atoms with Crippen LogP contribution in [0, 0.1) is 0 Å². The Hall–Kier alpha value is -3.02. The minimum Gasteiger partial charge on any atom is -0.471 e. The number of ether oxygens (including phenoxy) is 2. The monoisotopic (exact) mass is 380 g/mol. The predicted molar refractivity (Wildman–Crippen MR) is 106 cm³/mol. The number of likely N-dealkylation sites (tertiary alicyclic amines) is 1. The summed E-state index contributed by atoms with van der Waals surface area (Å²) in [5.41, 5.74) is 3.69. The number of anilines is 2. The summed E-state index contributed by atoms with van der Waals surface area (Å²) in [7, 11) is 1.40. The molecular weight excluding hydrogens is 356 g/mol. The Kier molecular flexibility index (Phi) is 5.19. The van der Waals surface area contributed by atoms with Gasteiger partial charge in [-0.2, -0.15) is 0 Å². The normalized spacial score (nSPS) is 15.3. The molecule has 0 N–H and O–H groups in total. The second-order valence-corrected chi connectivity index (χ2v) is 7.13. The lowest BCUT2D eigenvalue weighted by Gasteiger charge is -2.18. The van der Waals surface area contributed by atoms with Crippen LogP contribution in [0.1, 0.15) is 35.2 Å². The number of esters is 1. The molecule has 2 aliphatic heterocycles. The molecule has 0 aliphatic carbocycles. The Morgan fingerprint density at radius 1 is 1.11 bits per heavy atom. The molecule has 6 heteroatoms. The molecule has 0 saturated carbocycles. The molecule has 146 valence electrons. The van der Waals surface area contributed by atoms with Crippen LogP contribution < -0.4 is 9.64 Å². The first-order chi connectivity index (χ1) is 13.7. The van der Waals surface area contributed by atoms with E-state index < -0.39 is 0 Å². The number of rotatable bonds is 5. The van der Waals surface area contributed by atoms with E-state index in [0.29, 0.717) is 25.1 Å². The second kappa shape index (κ2) is 7.92. The van der Waals surface area contributed by atoms with Crippen LogP contribution in [0.4, 0.5) is 11.4 Å². The van der Waals surface area contributed by atoms with E-state index in [2.05, 4.69) is 11.0 Å². The Morgan fingerprint density at radius 2 is 1.93 bits per heavy atom. The lowest BCUT2D eigenvalue weighted by molar-refractivity contribution is -0.140. The van der Waals surface area contributed by atoms with E-state index in [0.717, 1.165) is 48.6 Å². The van der Waals surface area contributed by atoms with Crippen molar-refractivity contribution in [1.29, 1.82) is 0 Å². The molecule has 0 radical (unpaired) electrons. The summed E-state index contributed by atoms with van der Waals surface area (Å²) in [4.78, 5) is 28.0. The first-order valence-electron chi connectivity index (χ1n) is 9.65. The third kappa shape index (κ3) is 3.67. The quantitative estimate of drug-likeness (QED) is 0.743. The molecule has 0 atom stereocenters. The largest absolute Gasteiger partial charge is 0.471 e. The Morgan fingerprint density at radius 3 is 2.71 bits per heavy atom. The summed E-state index contributed by atoms with van der Waals surface area (Å²) in [5, 5.41) is 0. The van der Waals surface area contributed by atoms with Gasteiger partial charge >= 0.3 is 5.97 Å². The summed E-state index contributed by atoms with van der Waals surface area (Å²) >= 11 is 0. The van der Waals surface area contributed by atoms with Gasteiger partial charge in [-0.15, -0.1) is 0 Å². The van der Waals surface area contributed by atoms with E-state index in [9.17, 15) is 9.59 Å². The van der Waals surface area contributed by atoms with Gasteiger partial charge in [-0.1, -0.05) is 12.1 Å². The van der Waals surface area contributed by atoms with E-state index in [1.165, 1.54) is 7.11 Å². The van der Waals surface area contributed by atoms with Gasteiger partial charge in [0.2, 0.25) is 0 Å². The van der Waals surface area contributed by atoms with Gasteiger partial charge in [0, 0.05) is 30.8 Å². The topological polar surface area (TPSA) is 59.1 Å². The zero-order valence-corrected chi connectivity index (χ0v) is 16.0. The van der Waals surface area contributed by atoms with Gasteiger partial charge in [-0.25, -0.2) is 0 Å². The zero-order valence-electron chi connectivity index (χ0n) is 16.0. The Balaban J connectivity index is 1.51. The molecule has 1 saturated heterocycles. The van der Waals surface area contributed by atoms with Crippen molar-refractivity contribution in [2.45, 2.75) is 25.7 Å². The lowest BCUT2D eigenvalue weighted by Crippen LogP contribution is -2.27. The fraction of sp³-hybridized carbons (Fsp3) is 0.364. The first kappa shape index (κ1) is 18.3. The second-order valence-electron chi connectivity index (χ2n) is 7.13. The highest BCUT2D eigenvalue weighted by molar-refractivity contribution is 5.96. The average Bonchev–Trinajstić information content (AvgIpc) is 3.41. The highest BCUT2D eigenvalue weighted by Crippen LogP contribution is 2.40. The Labute approximate surface area is 164 Å². The van der Waals surface area contributed by atoms with Crippen molar-refractivity contribution >= 4 is 23.3 Å². The van der Waals surface area contributed by atoms with E-state index in [1.807, 2.05) is 41.3 Å². The van der Waals surface area contributed by atoms with Gasteiger partial charge in [0.15, 0.2) is 6.73 Å². The smallest absolute Gasteiger partial charge is 0.305 e. The number of carbonyl (C=O) groups excluding carboxylic acids is 2. The van der Waals surface area contributed by atoms with Crippen LogP contribution in [-0.2, 0) is 16.0 Å². The van der Waals surface area contributed by atoms with Crippen LogP contribution in [0.2, 0.25) is 0 Å². The molecular formula is C22H24N2O4. The number of hydrogen-bond acceptors (Lipinski definition) is 5. The van der Waals surface area contributed by atoms with Crippen LogP contribution in [0.25, 0.3) is 0 Å². The number of benzene rings is 2. The van der Waals surface area contributed by atoms with Gasteiger partial charge in [-0.05, 0) is 55.2 Å². The van der Waals surface area contributed by atoms with Crippen molar-refractivity contribution < 1.29 is 19.1 Å². The third-order valence-corrected chi connectivity index (χ3v) is 5.31. The molecule has 0 spiro atoms. The molecule has 2 aromatic carbocycles. The maximum atomic E-state index is 12.6. The molecule has 4 rings (SSSR count). The molecule has 0 unspecified atom stereocenters. The molecule has 1 amide bonds. The number of fused-ring (bicyclic) bond motifs is 1. The zero-order chi connectivity index (χ0) is 19.5. The van der Waals surface area contributed by atoms with Gasteiger partial charge in [0.25, 0.3) is 5.91 Å². The molecule has 0 aromatic heterocycles. The molecule has 28 heavy (non-hydrogen) atoms. The Bertz CT molecular complexity index is 890. The van der Waals surface area contributed by atoms with E-state index in [-0.39, 0.29) is 11.9 Å².